The zero-order valence-electron chi connectivity index (χ0n) is 16.0. The van der Waals surface area contributed by atoms with E-state index in [0.717, 1.165) is 11.3 Å². The number of amides is 1. The Morgan fingerprint density at radius 2 is 2.17 bits per heavy atom. The molecule has 12 heteroatoms. The number of thiophene rings is 1. The molecule has 1 aromatic carbocycles. The molecule has 0 spiro atoms. The van der Waals surface area contributed by atoms with Gasteiger partial charge in [0, 0.05) is 18.8 Å². The maximum absolute atomic E-state index is 14.2. The van der Waals surface area contributed by atoms with Crippen LogP contribution in [0.25, 0.3) is 5.69 Å². The number of anilines is 1. The minimum Gasteiger partial charge on any atom is -0.326 e. The molecule has 1 fully saturated rings. The lowest BCUT2D eigenvalue weighted by Crippen LogP contribution is -2.43. The third-order valence-corrected chi connectivity index (χ3v) is 8.15. The summed E-state index contributed by atoms with van der Waals surface area (Å²) in [6, 6.07) is 7.36. The highest BCUT2D eigenvalue weighted by molar-refractivity contribution is 7.91. The molecule has 0 radical (unpaired) electrons. The van der Waals surface area contributed by atoms with Crippen LogP contribution in [0.2, 0.25) is 0 Å². The molecule has 1 atom stereocenters. The first-order chi connectivity index (χ1) is 14.4. The number of hydrogen-bond donors (Lipinski definition) is 1. The SMILES string of the molecule is Cc1nnnn1-c1cc(NC(=O)C2CCCN(S(=O)(=O)c3cccs3)C2)ccc1F. The van der Waals surface area contributed by atoms with Gasteiger partial charge >= 0.3 is 0 Å². The normalized spacial score (nSPS) is 17.7. The van der Waals surface area contributed by atoms with Crippen molar-refractivity contribution in [1.29, 1.82) is 0 Å². The van der Waals surface area contributed by atoms with Gasteiger partial charge in [-0.3, -0.25) is 4.79 Å². The van der Waals surface area contributed by atoms with Gasteiger partial charge < -0.3 is 5.32 Å². The van der Waals surface area contributed by atoms with Crippen molar-refractivity contribution in [3.8, 4) is 5.69 Å². The van der Waals surface area contributed by atoms with E-state index in [-0.39, 0.29) is 22.3 Å². The molecule has 1 saturated heterocycles. The molecule has 1 aliphatic heterocycles. The maximum atomic E-state index is 14.2. The zero-order chi connectivity index (χ0) is 21.3. The van der Waals surface area contributed by atoms with Gasteiger partial charge in [0.15, 0.2) is 5.82 Å². The zero-order valence-corrected chi connectivity index (χ0v) is 17.7. The van der Waals surface area contributed by atoms with Crippen LogP contribution in [0.5, 0.6) is 0 Å². The number of sulfonamides is 1. The first-order valence-electron chi connectivity index (χ1n) is 9.25. The van der Waals surface area contributed by atoms with Crippen LogP contribution in [0, 0.1) is 18.7 Å². The third kappa shape index (κ3) is 3.98. The smallest absolute Gasteiger partial charge is 0.252 e. The summed E-state index contributed by atoms with van der Waals surface area (Å²) in [6.07, 6.45) is 1.16. The number of aromatic nitrogens is 4. The summed E-state index contributed by atoms with van der Waals surface area (Å²) in [5, 5.41) is 15.5. The topological polar surface area (TPSA) is 110 Å². The summed E-state index contributed by atoms with van der Waals surface area (Å²) in [7, 11) is -3.61. The van der Waals surface area contributed by atoms with Crippen LogP contribution in [0.15, 0.2) is 39.9 Å². The maximum Gasteiger partial charge on any atom is 0.252 e. The highest BCUT2D eigenvalue weighted by Gasteiger charge is 2.33. The molecule has 30 heavy (non-hydrogen) atoms. The van der Waals surface area contributed by atoms with Crippen LogP contribution in [0.1, 0.15) is 18.7 Å². The Balaban J connectivity index is 1.50. The number of nitrogens with zero attached hydrogens (tertiary/aromatic N) is 5. The molecule has 1 aliphatic rings. The first-order valence-corrected chi connectivity index (χ1v) is 11.6. The van der Waals surface area contributed by atoms with Gasteiger partial charge in [-0.15, -0.1) is 16.4 Å². The van der Waals surface area contributed by atoms with Crippen molar-refractivity contribution in [2.75, 3.05) is 18.4 Å². The highest BCUT2D eigenvalue weighted by atomic mass is 32.2. The lowest BCUT2D eigenvalue weighted by atomic mass is 9.98. The second-order valence-corrected chi connectivity index (χ2v) is 10.0. The van der Waals surface area contributed by atoms with E-state index in [9.17, 15) is 17.6 Å². The average Bonchev–Trinajstić information content (AvgIpc) is 3.42. The lowest BCUT2D eigenvalue weighted by Gasteiger charge is -2.30. The van der Waals surface area contributed by atoms with Gasteiger partial charge in [0.05, 0.1) is 5.92 Å². The van der Waals surface area contributed by atoms with Crippen molar-refractivity contribution in [3.63, 3.8) is 0 Å². The van der Waals surface area contributed by atoms with Crippen LogP contribution >= 0.6 is 11.3 Å². The molecule has 1 N–H and O–H groups in total. The van der Waals surface area contributed by atoms with E-state index >= 15 is 0 Å². The van der Waals surface area contributed by atoms with Crippen LogP contribution in [-0.4, -0.2) is 51.9 Å². The van der Waals surface area contributed by atoms with Gasteiger partial charge in [-0.25, -0.2) is 12.8 Å². The van der Waals surface area contributed by atoms with Crippen molar-refractivity contribution in [3.05, 3.63) is 47.4 Å². The van der Waals surface area contributed by atoms with Crippen molar-refractivity contribution >= 4 is 33.0 Å². The molecule has 9 nitrogen and oxygen atoms in total. The molecule has 158 valence electrons. The number of carbonyl (C=O) groups is 1. The number of halogens is 1. The Morgan fingerprint density at radius 3 is 2.87 bits per heavy atom. The molecule has 2 aromatic heterocycles. The van der Waals surface area contributed by atoms with Gasteiger partial charge in [0.25, 0.3) is 10.0 Å². The van der Waals surface area contributed by atoms with E-state index in [0.29, 0.717) is 30.9 Å². The molecule has 1 unspecified atom stereocenters. The van der Waals surface area contributed by atoms with Gasteiger partial charge in [0.1, 0.15) is 15.7 Å². The third-order valence-electron chi connectivity index (χ3n) is 4.91. The Kier molecular flexibility index (Phi) is 5.62. The Labute approximate surface area is 176 Å². The number of aryl methyl sites for hydroxylation is 1. The molecule has 3 heterocycles. The quantitative estimate of drug-likeness (QED) is 0.638. The van der Waals surface area contributed by atoms with E-state index < -0.39 is 21.8 Å². The second kappa shape index (κ2) is 8.20. The summed E-state index contributed by atoms with van der Waals surface area (Å²) in [6.45, 7) is 2.12. The molecule has 1 amide bonds. The minimum absolute atomic E-state index is 0.103. The van der Waals surface area contributed by atoms with E-state index in [4.69, 9.17) is 0 Å². The van der Waals surface area contributed by atoms with E-state index in [1.807, 2.05) is 0 Å². The van der Waals surface area contributed by atoms with Gasteiger partial charge in [0.2, 0.25) is 5.91 Å². The largest absolute Gasteiger partial charge is 0.326 e. The van der Waals surface area contributed by atoms with Crippen LogP contribution in [0.3, 0.4) is 0 Å². The Morgan fingerprint density at radius 1 is 1.33 bits per heavy atom. The summed E-state index contributed by atoms with van der Waals surface area (Å²) in [4.78, 5) is 12.8. The molecular formula is C18H19FN6O3S2. The summed E-state index contributed by atoms with van der Waals surface area (Å²) < 4.78 is 42.6. The standard InChI is InChI=1S/C18H19FN6O3S2/c1-12-21-22-23-25(12)16-10-14(6-7-15(16)19)20-18(26)13-4-2-8-24(11-13)30(27,28)17-5-3-9-29-17/h3,5-7,9-10,13H,2,4,8,11H2,1H3,(H,20,26). The monoisotopic (exact) mass is 450 g/mol. The minimum atomic E-state index is -3.61. The number of tetrazole rings is 1. The molecule has 3 aromatic rings. The molecule has 0 bridgehead atoms. The van der Waals surface area contributed by atoms with E-state index in [2.05, 4.69) is 20.8 Å². The van der Waals surface area contributed by atoms with Crippen molar-refractivity contribution in [2.24, 2.45) is 5.92 Å². The number of carbonyl (C=O) groups excluding carboxylic acids is 1. The fraction of sp³-hybridized carbons (Fsp3) is 0.333. The van der Waals surface area contributed by atoms with Crippen molar-refractivity contribution in [2.45, 2.75) is 24.0 Å². The summed E-state index contributed by atoms with van der Waals surface area (Å²) in [5.74, 6) is -0.947. The Hall–Kier alpha value is -2.70. The number of benzene rings is 1. The molecule has 4 rings (SSSR count). The number of hydrogen-bond acceptors (Lipinski definition) is 7. The van der Waals surface area contributed by atoms with Crippen LogP contribution in [0.4, 0.5) is 10.1 Å². The van der Waals surface area contributed by atoms with Crippen molar-refractivity contribution < 1.29 is 17.6 Å². The van der Waals surface area contributed by atoms with E-state index in [1.54, 1.807) is 24.4 Å². The second-order valence-electron chi connectivity index (χ2n) is 6.93. The number of nitrogens with one attached hydrogen (secondary N) is 1. The predicted octanol–water partition coefficient (Wildman–Crippen LogP) is 2.21. The predicted molar refractivity (Wildman–Crippen MR) is 108 cm³/mol. The fourth-order valence-corrected chi connectivity index (χ4v) is 6.03. The fourth-order valence-electron chi connectivity index (χ4n) is 3.36. The van der Waals surface area contributed by atoms with Crippen LogP contribution in [-0.2, 0) is 14.8 Å². The summed E-state index contributed by atoms with van der Waals surface area (Å²) in [5.41, 5.74) is 0.491. The summed E-state index contributed by atoms with van der Waals surface area (Å²) >= 11 is 1.15. The first kappa shape index (κ1) is 20.6. The van der Waals surface area contributed by atoms with Crippen molar-refractivity contribution in [1.82, 2.24) is 24.5 Å². The Bertz CT molecular complexity index is 1160. The highest BCUT2D eigenvalue weighted by Crippen LogP contribution is 2.27. The molecule has 0 saturated carbocycles. The van der Waals surface area contributed by atoms with Gasteiger partial charge in [-0.05, 0) is 59.8 Å². The molecule has 0 aliphatic carbocycles. The average molecular weight is 451 g/mol. The molecular weight excluding hydrogens is 431 g/mol. The number of piperidine rings is 1. The van der Waals surface area contributed by atoms with E-state index in [1.165, 1.54) is 27.2 Å². The lowest BCUT2D eigenvalue weighted by molar-refractivity contribution is -0.120. The van der Waals surface area contributed by atoms with Gasteiger partial charge in [-0.2, -0.15) is 8.99 Å². The number of rotatable bonds is 5. The van der Waals surface area contributed by atoms with Gasteiger partial charge in [-0.1, -0.05) is 6.07 Å². The van der Waals surface area contributed by atoms with Crippen LogP contribution < -0.4 is 5.32 Å².